The van der Waals surface area contributed by atoms with Crippen molar-refractivity contribution in [2.24, 2.45) is 0 Å². The lowest BCUT2D eigenvalue weighted by Gasteiger charge is -2.29. The summed E-state index contributed by atoms with van der Waals surface area (Å²) in [5.41, 5.74) is 3.91. The van der Waals surface area contributed by atoms with Crippen LogP contribution in [0, 0.1) is 0 Å². The molecule has 0 spiro atoms. The molecule has 0 aliphatic carbocycles. The summed E-state index contributed by atoms with van der Waals surface area (Å²) in [7, 11) is 2.17. The maximum Gasteiger partial charge on any atom is 0.258 e. The molecule has 1 aliphatic rings. The summed E-state index contributed by atoms with van der Waals surface area (Å²) in [6.45, 7) is 3.94. The molecule has 1 aromatic rings. The van der Waals surface area contributed by atoms with Gasteiger partial charge in [-0.15, -0.1) is 0 Å². The molecule has 0 radical (unpaired) electrons. The van der Waals surface area contributed by atoms with Crippen LogP contribution < -0.4 is 10.3 Å². The Morgan fingerprint density at radius 2 is 2.16 bits per heavy atom. The van der Waals surface area contributed by atoms with E-state index in [4.69, 9.17) is 0 Å². The molecule has 19 heavy (non-hydrogen) atoms. The average molecular weight is 325 g/mol. The number of quaternary nitrogens is 1. The lowest BCUT2D eigenvalue weighted by Crippen LogP contribution is -3.12. The molecule has 2 rings (SSSR count). The summed E-state index contributed by atoms with van der Waals surface area (Å²) < 4.78 is 1.01. The number of nitrogens with zero attached hydrogens (tertiary/aromatic N) is 1. The zero-order chi connectivity index (χ0) is 13.7. The number of likely N-dealkylation sites (N-methyl/N-ethyl adjacent to an activating group) is 1. The Balaban J connectivity index is 1.84. The number of benzene rings is 1. The van der Waals surface area contributed by atoms with Gasteiger partial charge in [0, 0.05) is 10.5 Å². The smallest absolute Gasteiger partial charge is 0.258 e. The number of amides is 1. The molecule has 0 aromatic heterocycles. The van der Waals surface area contributed by atoms with Crippen LogP contribution in [0.25, 0.3) is 6.08 Å². The maximum absolute atomic E-state index is 11.8. The van der Waals surface area contributed by atoms with Crippen molar-refractivity contribution in [3.63, 3.8) is 0 Å². The van der Waals surface area contributed by atoms with E-state index in [1.54, 1.807) is 6.08 Å². The fourth-order valence-electron chi connectivity index (χ4n) is 1.98. The number of rotatable bonds is 3. The molecule has 0 saturated carbocycles. The van der Waals surface area contributed by atoms with Gasteiger partial charge < -0.3 is 4.90 Å². The Labute approximate surface area is 122 Å². The minimum Gasteiger partial charge on any atom is -0.335 e. The van der Waals surface area contributed by atoms with Gasteiger partial charge in [-0.05, 0) is 23.8 Å². The van der Waals surface area contributed by atoms with Gasteiger partial charge in [0.2, 0.25) is 0 Å². The van der Waals surface area contributed by atoms with E-state index in [-0.39, 0.29) is 5.91 Å². The first-order valence-corrected chi connectivity index (χ1v) is 7.23. The first-order chi connectivity index (χ1) is 9.13. The molecule has 2 N–H and O–H groups in total. The molecule has 1 amide bonds. The van der Waals surface area contributed by atoms with Gasteiger partial charge in [0.25, 0.3) is 5.91 Å². The predicted molar refractivity (Wildman–Crippen MR) is 79.5 cm³/mol. The molecule has 4 nitrogen and oxygen atoms in total. The van der Waals surface area contributed by atoms with Gasteiger partial charge in [-0.2, -0.15) is 0 Å². The lowest BCUT2D eigenvalue weighted by atomic mass is 10.2. The largest absolute Gasteiger partial charge is 0.335 e. The van der Waals surface area contributed by atoms with Crippen LogP contribution in [0.3, 0.4) is 0 Å². The van der Waals surface area contributed by atoms with Crippen molar-refractivity contribution in [1.82, 2.24) is 10.4 Å². The number of hydrogen-bond donors (Lipinski definition) is 2. The Hall–Kier alpha value is -1.17. The van der Waals surface area contributed by atoms with Gasteiger partial charge in [-0.3, -0.25) is 10.2 Å². The highest BCUT2D eigenvalue weighted by Crippen LogP contribution is 2.12. The van der Waals surface area contributed by atoms with Gasteiger partial charge in [0.15, 0.2) is 0 Å². The topological polar surface area (TPSA) is 36.8 Å². The summed E-state index contributed by atoms with van der Waals surface area (Å²) in [4.78, 5) is 13.3. The SMILES string of the molecule is C[NH+]1CCN(NC(=O)/C=C/c2cccc(Br)c2)CC1. The Bertz CT molecular complexity index is 468. The van der Waals surface area contributed by atoms with Crippen molar-refractivity contribution in [3.8, 4) is 0 Å². The minimum atomic E-state index is -0.0699. The van der Waals surface area contributed by atoms with Gasteiger partial charge >= 0.3 is 0 Å². The summed E-state index contributed by atoms with van der Waals surface area (Å²) >= 11 is 3.41. The van der Waals surface area contributed by atoms with E-state index in [2.05, 4.69) is 28.4 Å². The van der Waals surface area contributed by atoms with Crippen molar-refractivity contribution in [3.05, 3.63) is 40.4 Å². The van der Waals surface area contributed by atoms with E-state index in [0.717, 1.165) is 36.2 Å². The number of hydrazine groups is 1. The molecule has 1 aliphatic heterocycles. The van der Waals surface area contributed by atoms with Crippen LogP contribution in [0.2, 0.25) is 0 Å². The normalized spacial score (nSPS) is 17.8. The first-order valence-electron chi connectivity index (χ1n) is 6.44. The van der Waals surface area contributed by atoms with Crippen molar-refractivity contribution in [2.45, 2.75) is 0 Å². The van der Waals surface area contributed by atoms with Crippen molar-refractivity contribution >= 4 is 27.9 Å². The molecule has 1 saturated heterocycles. The van der Waals surface area contributed by atoms with Crippen molar-refractivity contribution in [1.29, 1.82) is 0 Å². The number of hydrogen-bond acceptors (Lipinski definition) is 2. The standard InChI is InChI=1S/C14H18BrN3O/c1-17-7-9-18(10-8-17)16-14(19)6-5-12-3-2-4-13(15)11-12/h2-6,11H,7-10H2,1H3,(H,16,19)/p+1/b6-5+. The fourth-order valence-corrected chi connectivity index (χ4v) is 2.39. The van der Waals surface area contributed by atoms with E-state index < -0.39 is 0 Å². The Morgan fingerprint density at radius 3 is 2.84 bits per heavy atom. The average Bonchev–Trinajstić information content (AvgIpc) is 2.39. The molecule has 0 atom stereocenters. The zero-order valence-electron chi connectivity index (χ0n) is 11.0. The minimum absolute atomic E-state index is 0.0699. The quantitative estimate of drug-likeness (QED) is 0.786. The first kappa shape index (κ1) is 14.2. The van der Waals surface area contributed by atoms with Gasteiger partial charge in [0.05, 0.1) is 33.2 Å². The molecule has 1 fully saturated rings. The highest BCUT2D eigenvalue weighted by atomic mass is 79.9. The third-order valence-electron chi connectivity index (χ3n) is 3.16. The Kier molecular flexibility index (Phi) is 5.13. The van der Waals surface area contributed by atoms with E-state index >= 15 is 0 Å². The zero-order valence-corrected chi connectivity index (χ0v) is 12.6. The van der Waals surface area contributed by atoms with Gasteiger partial charge in [-0.1, -0.05) is 28.1 Å². The van der Waals surface area contributed by atoms with Crippen LogP contribution in [0.15, 0.2) is 34.8 Å². The summed E-state index contributed by atoms with van der Waals surface area (Å²) in [5.74, 6) is -0.0699. The molecule has 102 valence electrons. The van der Waals surface area contributed by atoms with Crippen LogP contribution in [0.4, 0.5) is 0 Å². The second-order valence-corrected chi connectivity index (χ2v) is 5.72. The van der Waals surface area contributed by atoms with Crippen LogP contribution in [0.5, 0.6) is 0 Å². The van der Waals surface area contributed by atoms with E-state index in [9.17, 15) is 4.79 Å². The van der Waals surface area contributed by atoms with Gasteiger partial charge in [0.1, 0.15) is 0 Å². The maximum atomic E-state index is 11.8. The van der Waals surface area contributed by atoms with Crippen molar-refractivity contribution < 1.29 is 9.69 Å². The third-order valence-corrected chi connectivity index (χ3v) is 3.65. The summed E-state index contributed by atoms with van der Waals surface area (Å²) in [6, 6.07) is 7.85. The van der Waals surface area contributed by atoms with E-state index in [0.29, 0.717) is 0 Å². The number of nitrogens with one attached hydrogen (secondary N) is 2. The lowest BCUT2D eigenvalue weighted by molar-refractivity contribution is -0.884. The summed E-state index contributed by atoms with van der Waals surface area (Å²) in [5, 5.41) is 1.99. The molecule has 5 heteroatoms. The molecular weight excluding hydrogens is 306 g/mol. The molecule has 0 unspecified atom stereocenters. The van der Waals surface area contributed by atoms with Crippen LogP contribution in [-0.4, -0.2) is 44.1 Å². The van der Waals surface area contributed by atoms with Crippen LogP contribution in [-0.2, 0) is 4.79 Å². The highest BCUT2D eigenvalue weighted by molar-refractivity contribution is 9.10. The van der Waals surface area contributed by atoms with E-state index in [1.165, 1.54) is 4.90 Å². The molecule has 1 heterocycles. The monoisotopic (exact) mass is 324 g/mol. The number of carbonyl (C=O) groups is 1. The third kappa shape index (κ3) is 4.78. The van der Waals surface area contributed by atoms with Crippen LogP contribution >= 0.6 is 15.9 Å². The van der Waals surface area contributed by atoms with Crippen LogP contribution in [0.1, 0.15) is 5.56 Å². The second kappa shape index (κ2) is 6.84. The molecule has 0 bridgehead atoms. The number of halogens is 1. The molecule has 1 aromatic carbocycles. The highest BCUT2D eigenvalue weighted by Gasteiger charge is 2.16. The number of carbonyl (C=O) groups excluding carboxylic acids is 1. The van der Waals surface area contributed by atoms with Crippen molar-refractivity contribution in [2.75, 3.05) is 33.2 Å². The van der Waals surface area contributed by atoms with E-state index in [1.807, 2.05) is 35.4 Å². The summed E-state index contributed by atoms with van der Waals surface area (Å²) in [6.07, 6.45) is 3.40. The molecular formula is C14H19BrN3O+. The second-order valence-electron chi connectivity index (χ2n) is 4.81. The number of piperazine rings is 1. The predicted octanol–water partition coefficient (Wildman–Crippen LogP) is 0.324. The Morgan fingerprint density at radius 1 is 1.42 bits per heavy atom. The van der Waals surface area contributed by atoms with Gasteiger partial charge in [-0.25, -0.2) is 5.01 Å². The fraction of sp³-hybridized carbons (Fsp3) is 0.357.